The number of rotatable bonds is 6. The molecule has 0 aliphatic rings. The highest BCUT2D eigenvalue weighted by atomic mass is 127. The first-order valence-electron chi connectivity index (χ1n) is 7.91. The number of hydrogen-bond acceptors (Lipinski definition) is 2. The maximum Gasteiger partial charge on any atom is 0.240 e. The van der Waals surface area contributed by atoms with E-state index in [1.54, 1.807) is 24.3 Å². The third-order valence-electron chi connectivity index (χ3n) is 4.01. The average Bonchev–Trinajstić information content (AvgIpc) is 2.64. The summed E-state index contributed by atoms with van der Waals surface area (Å²) in [7, 11) is -3.54. The standard InChI is InChI=1S/C20H18INO2S/c21-18-11-13-19(14-12-18)25(23,24)22-15-20(16-7-3-1-4-8-16)17-9-5-2-6-10-17/h1-14,20,22H,15H2. The summed E-state index contributed by atoms with van der Waals surface area (Å²) in [5.74, 6) is -0.0407. The first kappa shape index (κ1) is 18.1. The normalized spacial score (nSPS) is 11.6. The summed E-state index contributed by atoms with van der Waals surface area (Å²) in [6.45, 7) is 0.308. The summed E-state index contributed by atoms with van der Waals surface area (Å²) in [4.78, 5) is 0.285. The largest absolute Gasteiger partial charge is 0.240 e. The minimum atomic E-state index is -3.54. The molecule has 0 spiro atoms. The van der Waals surface area contributed by atoms with Crippen molar-refractivity contribution >= 4 is 32.6 Å². The van der Waals surface area contributed by atoms with Crippen LogP contribution >= 0.6 is 22.6 Å². The van der Waals surface area contributed by atoms with E-state index in [1.807, 2.05) is 60.7 Å². The van der Waals surface area contributed by atoms with Crippen molar-refractivity contribution < 1.29 is 8.42 Å². The number of benzene rings is 3. The van der Waals surface area contributed by atoms with Crippen LogP contribution in [0.15, 0.2) is 89.8 Å². The van der Waals surface area contributed by atoms with Gasteiger partial charge in [-0.3, -0.25) is 0 Å². The quantitative estimate of drug-likeness (QED) is 0.551. The maximum atomic E-state index is 12.6. The van der Waals surface area contributed by atoms with Gasteiger partial charge in [-0.05, 0) is 58.0 Å². The van der Waals surface area contributed by atoms with Crippen LogP contribution < -0.4 is 4.72 Å². The van der Waals surface area contributed by atoms with Crippen molar-refractivity contribution in [3.63, 3.8) is 0 Å². The van der Waals surface area contributed by atoms with Crippen LogP contribution in [0.4, 0.5) is 0 Å². The first-order valence-corrected chi connectivity index (χ1v) is 10.5. The fourth-order valence-electron chi connectivity index (χ4n) is 2.69. The van der Waals surface area contributed by atoms with E-state index < -0.39 is 10.0 Å². The summed E-state index contributed by atoms with van der Waals surface area (Å²) in [6, 6.07) is 26.7. The fourth-order valence-corrected chi connectivity index (χ4v) is 4.10. The molecule has 128 valence electrons. The van der Waals surface area contributed by atoms with Gasteiger partial charge in [0.15, 0.2) is 0 Å². The van der Waals surface area contributed by atoms with Crippen LogP contribution in [-0.2, 0) is 10.0 Å². The minimum absolute atomic E-state index is 0.0407. The van der Waals surface area contributed by atoms with Crippen LogP contribution in [0.5, 0.6) is 0 Å². The Morgan fingerprint density at radius 2 is 1.24 bits per heavy atom. The van der Waals surface area contributed by atoms with Crippen LogP contribution in [0.2, 0.25) is 0 Å². The van der Waals surface area contributed by atoms with Crippen LogP contribution in [0.25, 0.3) is 0 Å². The molecule has 0 fully saturated rings. The smallest absolute Gasteiger partial charge is 0.210 e. The van der Waals surface area contributed by atoms with Gasteiger partial charge < -0.3 is 0 Å². The molecule has 3 aromatic carbocycles. The van der Waals surface area contributed by atoms with Gasteiger partial charge in [0.05, 0.1) is 4.90 Å². The lowest BCUT2D eigenvalue weighted by Crippen LogP contribution is -2.29. The van der Waals surface area contributed by atoms with Gasteiger partial charge in [0.25, 0.3) is 0 Å². The number of nitrogens with one attached hydrogen (secondary N) is 1. The molecular weight excluding hydrogens is 445 g/mol. The SMILES string of the molecule is O=S(=O)(NCC(c1ccccc1)c1ccccc1)c1ccc(I)cc1. The summed E-state index contributed by atoms with van der Waals surface area (Å²) in [5, 5.41) is 0. The molecule has 3 aromatic rings. The predicted octanol–water partition coefficient (Wildman–Crippen LogP) is 4.40. The van der Waals surface area contributed by atoms with Crippen LogP contribution in [0.3, 0.4) is 0 Å². The van der Waals surface area contributed by atoms with Gasteiger partial charge in [0.2, 0.25) is 10.0 Å². The zero-order valence-electron chi connectivity index (χ0n) is 13.5. The molecule has 5 heteroatoms. The second kappa shape index (κ2) is 8.12. The summed E-state index contributed by atoms with van der Waals surface area (Å²) >= 11 is 2.16. The number of halogens is 1. The first-order chi connectivity index (χ1) is 12.1. The summed E-state index contributed by atoms with van der Waals surface area (Å²) < 4.78 is 29.0. The van der Waals surface area contributed by atoms with Crippen molar-refractivity contribution in [2.24, 2.45) is 0 Å². The van der Waals surface area contributed by atoms with E-state index in [2.05, 4.69) is 27.3 Å². The van der Waals surface area contributed by atoms with Crippen molar-refractivity contribution in [1.82, 2.24) is 4.72 Å². The van der Waals surface area contributed by atoms with E-state index >= 15 is 0 Å². The molecule has 0 saturated heterocycles. The fraction of sp³-hybridized carbons (Fsp3) is 0.100. The molecule has 0 atom stereocenters. The molecule has 0 bridgehead atoms. The molecule has 0 aliphatic carbocycles. The van der Waals surface area contributed by atoms with E-state index in [-0.39, 0.29) is 10.8 Å². The van der Waals surface area contributed by atoms with Crippen LogP contribution in [0.1, 0.15) is 17.0 Å². The highest BCUT2D eigenvalue weighted by molar-refractivity contribution is 14.1. The third-order valence-corrected chi connectivity index (χ3v) is 6.16. The molecule has 1 N–H and O–H groups in total. The Balaban J connectivity index is 1.85. The van der Waals surface area contributed by atoms with Gasteiger partial charge in [-0.2, -0.15) is 0 Å². The number of hydrogen-bond donors (Lipinski definition) is 1. The van der Waals surface area contributed by atoms with Gasteiger partial charge in [0.1, 0.15) is 0 Å². The highest BCUT2D eigenvalue weighted by Gasteiger charge is 2.19. The molecule has 3 nitrogen and oxygen atoms in total. The van der Waals surface area contributed by atoms with Gasteiger partial charge in [-0.25, -0.2) is 13.1 Å². The molecule has 0 aliphatic heterocycles. The average molecular weight is 463 g/mol. The highest BCUT2D eigenvalue weighted by Crippen LogP contribution is 2.24. The Bertz CT molecular complexity index is 871. The Hall–Kier alpha value is -1.70. The molecule has 0 aromatic heterocycles. The molecule has 0 amide bonds. The number of sulfonamides is 1. The second-order valence-corrected chi connectivity index (χ2v) is 8.69. The van der Waals surface area contributed by atoms with Crippen molar-refractivity contribution in [2.45, 2.75) is 10.8 Å². The lowest BCUT2D eigenvalue weighted by molar-refractivity contribution is 0.577. The van der Waals surface area contributed by atoms with E-state index in [4.69, 9.17) is 0 Å². The van der Waals surface area contributed by atoms with E-state index in [0.717, 1.165) is 14.7 Å². The van der Waals surface area contributed by atoms with E-state index in [0.29, 0.717) is 6.54 Å². The maximum absolute atomic E-state index is 12.6. The lowest BCUT2D eigenvalue weighted by Gasteiger charge is -2.19. The topological polar surface area (TPSA) is 46.2 Å². The van der Waals surface area contributed by atoms with Crippen LogP contribution in [-0.4, -0.2) is 15.0 Å². The van der Waals surface area contributed by atoms with Crippen molar-refractivity contribution in [3.8, 4) is 0 Å². The van der Waals surface area contributed by atoms with E-state index in [9.17, 15) is 8.42 Å². The van der Waals surface area contributed by atoms with Gasteiger partial charge in [-0.1, -0.05) is 60.7 Å². The van der Waals surface area contributed by atoms with Crippen molar-refractivity contribution in [3.05, 3.63) is 99.6 Å². The Morgan fingerprint density at radius 3 is 1.72 bits per heavy atom. The van der Waals surface area contributed by atoms with Crippen molar-refractivity contribution in [2.75, 3.05) is 6.54 Å². The third kappa shape index (κ3) is 4.68. The van der Waals surface area contributed by atoms with Crippen molar-refractivity contribution in [1.29, 1.82) is 0 Å². The lowest BCUT2D eigenvalue weighted by atomic mass is 9.92. The Kier molecular flexibility index (Phi) is 5.88. The Morgan fingerprint density at radius 1 is 0.760 bits per heavy atom. The zero-order chi connectivity index (χ0) is 17.7. The molecule has 25 heavy (non-hydrogen) atoms. The molecule has 0 saturated carbocycles. The molecular formula is C20H18INO2S. The zero-order valence-corrected chi connectivity index (χ0v) is 16.4. The molecule has 0 radical (unpaired) electrons. The molecule has 3 rings (SSSR count). The van der Waals surface area contributed by atoms with Gasteiger partial charge in [-0.15, -0.1) is 0 Å². The minimum Gasteiger partial charge on any atom is -0.210 e. The molecule has 0 heterocycles. The van der Waals surface area contributed by atoms with Gasteiger partial charge in [0, 0.05) is 16.0 Å². The summed E-state index contributed by atoms with van der Waals surface area (Å²) in [5.41, 5.74) is 2.16. The predicted molar refractivity (Wildman–Crippen MR) is 109 cm³/mol. The molecule has 0 unspecified atom stereocenters. The second-order valence-electron chi connectivity index (χ2n) is 5.68. The van der Waals surface area contributed by atoms with Crippen LogP contribution in [0, 0.1) is 3.57 Å². The summed E-state index contributed by atoms with van der Waals surface area (Å²) in [6.07, 6.45) is 0. The van der Waals surface area contributed by atoms with E-state index in [1.165, 1.54) is 0 Å². The monoisotopic (exact) mass is 463 g/mol. The Labute approximate surface area is 162 Å². The van der Waals surface area contributed by atoms with Gasteiger partial charge >= 0.3 is 0 Å².